The summed E-state index contributed by atoms with van der Waals surface area (Å²) in [5.74, 6) is -0.343. The van der Waals surface area contributed by atoms with Gasteiger partial charge in [0.2, 0.25) is 0 Å². The highest BCUT2D eigenvalue weighted by atomic mass is 16.5. The number of carbonyl (C=O) groups excluding carboxylic acids is 2. The van der Waals surface area contributed by atoms with Crippen LogP contribution in [0.4, 0.5) is 11.4 Å². The van der Waals surface area contributed by atoms with E-state index in [4.69, 9.17) is 4.74 Å². The SMILES string of the molecule is CCOCCCNC(=O)c1cc(NC(=O)c2ccc(CC)cc2)ccc1N1CCc2ccccc2C1. The number of amides is 2. The van der Waals surface area contributed by atoms with Gasteiger partial charge in [0.05, 0.1) is 5.56 Å². The van der Waals surface area contributed by atoms with Gasteiger partial charge in [-0.25, -0.2) is 0 Å². The number of carbonyl (C=O) groups is 2. The number of hydrogen-bond acceptors (Lipinski definition) is 4. The Morgan fingerprint density at radius 3 is 2.47 bits per heavy atom. The molecule has 0 atom stereocenters. The van der Waals surface area contributed by atoms with Crippen LogP contribution in [0.15, 0.2) is 66.7 Å². The second-order valence-electron chi connectivity index (χ2n) is 8.98. The first-order chi connectivity index (χ1) is 17.6. The van der Waals surface area contributed by atoms with E-state index in [9.17, 15) is 9.59 Å². The Morgan fingerprint density at radius 1 is 0.944 bits per heavy atom. The van der Waals surface area contributed by atoms with Gasteiger partial charge in [-0.15, -0.1) is 0 Å². The third-order valence-corrected chi connectivity index (χ3v) is 6.55. The molecule has 2 amide bonds. The van der Waals surface area contributed by atoms with Gasteiger partial charge >= 0.3 is 0 Å². The first kappa shape index (κ1) is 25.5. The zero-order valence-electron chi connectivity index (χ0n) is 21.2. The van der Waals surface area contributed by atoms with Gasteiger partial charge < -0.3 is 20.3 Å². The van der Waals surface area contributed by atoms with E-state index in [0.717, 1.165) is 38.0 Å². The normalized spacial score (nSPS) is 12.7. The van der Waals surface area contributed by atoms with E-state index in [1.807, 2.05) is 43.3 Å². The fourth-order valence-corrected chi connectivity index (χ4v) is 4.48. The van der Waals surface area contributed by atoms with Crippen LogP contribution in [0.25, 0.3) is 0 Å². The molecule has 0 fully saturated rings. The Hall–Kier alpha value is -3.64. The van der Waals surface area contributed by atoms with Crippen LogP contribution in [0.3, 0.4) is 0 Å². The lowest BCUT2D eigenvalue weighted by atomic mass is 9.98. The minimum Gasteiger partial charge on any atom is -0.382 e. The third-order valence-electron chi connectivity index (χ3n) is 6.55. The fourth-order valence-electron chi connectivity index (χ4n) is 4.48. The van der Waals surface area contributed by atoms with Crippen LogP contribution in [-0.4, -0.2) is 38.1 Å². The summed E-state index contributed by atoms with van der Waals surface area (Å²) < 4.78 is 5.39. The van der Waals surface area contributed by atoms with E-state index in [-0.39, 0.29) is 11.8 Å². The van der Waals surface area contributed by atoms with Crippen molar-refractivity contribution in [1.29, 1.82) is 0 Å². The first-order valence-corrected chi connectivity index (χ1v) is 12.8. The summed E-state index contributed by atoms with van der Waals surface area (Å²) in [7, 11) is 0. The Kier molecular flexibility index (Phi) is 8.74. The average Bonchev–Trinajstić information content (AvgIpc) is 2.92. The average molecular weight is 486 g/mol. The minimum atomic E-state index is -0.194. The molecule has 2 N–H and O–H groups in total. The Balaban J connectivity index is 1.55. The Labute approximate surface area is 213 Å². The van der Waals surface area contributed by atoms with E-state index in [0.29, 0.717) is 36.6 Å². The van der Waals surface area contributed by atoms with Crippen LogP contribution < -0.4 is 15.5 Å². The number of fused-ring (bicyclic) bond motifs is 1. The molecule has 36 heavy (non-hydrogen) atoms. The maximum atomic E-state index is 13.3. The number of ether oxygens (including phenoxy) is 1. The Bertz CT molecular complexity index is 1190. The van der Waals surface area contributed by atoms with Crippen LogP contribution in [0.2, 0.25) is 0 Å². The number of nitrogens with zero attached hydrogens (tertiary/aromatic N) is 1. The molecule has 4 rings (SSSR count). The summed E-state index contributed by atoms with van der Waals surface area (Å²) in [6.07, 6.45) is 2.60. The second-order valence-corrected chi connectivity index (χ2v) is 8.98. The zero-order chi connectivity index (χ0) is 25.3. The smallest absolute Gasteiger partial charge is 0.255 e. The molecule has 0 aliphatic carbocycles. The lowest BCUT2D eigenvalue weighted by molar-refractivity contribution is 0.0943. The highest BCUT2D eigenvalue weighted by Crippen LogP contribution is 2.30. The summed E-state index contributed by atoms with van der Waals surface area (Å²) in [6, 6.07) is 21.6. The van der Waals surface area contributed by atoms with Crippen molar-refractivity contribution >= 4 is 23.2 Å². The van der Waals surface area contributed by atoms with Gasteiger partial charge in [-0.2, -0.15) is 0 Å². The van der Waals surface area contributed by atoms with Crippen molar-refractivity contribution in [3.05, 3.63) is 94.5 Å². The molecule has 1 aliphatic rings. The molecule has 0 radical (unpaired) electrons. The molecule has 0 aromatic heterocycles. The number of rotatable bonds is 10. The summed E-state index contributed by atoms with van der Waals surface area (Å²) >= 11 is 0. The van der Waals surface area contributed by atoms with Gasteiger partial charge in [0.15, 0.2) is 0 Å². The summed E-state index contributed by atoms with van der Waals surface area (Å²) in [5, 5.41) is 5.99. The van der Waals surface area contributed by atoms with Crippen LogP contribution in [0.5, 0.6) is 0 Å². The molecule has 6 nitrogen and oxygen atoms in total. The fraction of sp³-hybridized carbons (Fsp3) is 0.333. The topological polar surface area (TPSA) is 70.7 Å². The highest BCUT2D eigenvalue weighted by molar-refractivity contribution is 6.06. The lowest BCUT2D eigenvalue weighted by Gasteiger charge is -2.32. The van der Waals surface area contributed by atoms with Gasteiger partial charge in [-0.05, 0) is 73.2 Å². The molecule has 1 heterocycles. The molecule has 0 saturated heterocycles. The minimum absolute atomic E-state index is 0.149. The highest BCUT2D eigenvalue weighted by Gasteiger charge is 2.22. The van der Waals surface area contributed by atoms with Crippen LogP contribution in [0.1, 0.15) is 57.7 Å². The number of benzene rings is 3. The van der Waals surface area contributed by atoms with Crippen molar-refractivity contribution in [1.82, 2.24) is 5.32 Å². The van der Waals surface area contributed by atoms with E-state index in [1.165, 1.54) is 16.7 Å². The van der Waals surface area contributed by atoms with Gasteiger partial charge in [-0.1, -0.05) is 43.3 Å². The van der Waals surface area contributed by atoms with E-state index >= 15 is 0 Å². The van der Waals surface area contributed by atoms with Crippen molar-refractivity contribution in [2.45, 2.75) is 39.7 Å². The number of hydrogen-bond donors (Lipinski definition) is 2. The van der Waals surface area contributed by atoms with E-state index in [1.54, 1.807) is 6.07 Å². The second kappa shape index (κ2) is 12.4. The maximum absolute atomic E-state index is 13.3. The van der Waals surface area contributed by atoms with E-state index < -0.39 is 0 Å². The quantitative estimate of drug-likeness (QED) is 0.386. The predicted molar refractivity (Wildman–Crippen MR) is 145 cm³/mol. The summed E-state index contributed by atoms with van der Waals surface area (Å²) in [4.78, 5) is 28.4. The van der Waals surface area contributed by atoms with Crippen LogP contribution >= 0.6 is 0 Å². The molecule has 0 unspecified atom stereocenters. The maximum Gasteiger partial charge on any atom is 0.255 e. The molecule has 0 saturated carbocycles. The molecule has 188 valence electrons. The molecule has 3 aromatic rings. The molecule has 3 aromatic carbocycles. The molecule has 0 spiro atoms. The van der Waals surface area contributed by atoms with Crippen LogP contribution in [-0.2, 0) is 24.1 Å². The van der Waals surface area contributed by atoms with Crippen molar-refractivity contribution in [3.63, 3.8) is 0 Å². The Morgan fingerprint density at radius 2 is 1.72 bits per heavy atom. The number of anilines is 2. The van der Waals surface area contributed by atoms with Crippen molar-refractivity contribution in [2.24, 2.45) is 0 Å². The largest absolute Gasteiger partial charge is 0.382 e. The van der Waals surface area contributed by atoms with E-state index in [2.05, 4.69) is 46.7 Å². The molecule has 0 bridgehead atoms. The third kappa shape index (κ3) is 6.32. The van der Waals surface area contributed by atoms with Gasteiger partial charge in [0, 0.05) is 49.8 Å². The standard InChI is InChI=1S/C30H35N3O3/c1-3-22-10-12-24(13-11-22)29(34)32-26-14-15-28(27(20-26)30(35)31-17-7-19-36-4-2)33-18-16-23-8-5-6-9-25(23)21-33/h5-6,8-15,20H,3-4,7,16-19,21H2,1-2H3,(H,31,35)(H,32,34). The monoisotopic (exact) mass is 485 g/mol. The molecule has 6 heteroatoms. The van der Waals surface area contributed by atoms with Crippen molar-refractivity contribution in [2.75, 3.05) is 36.5 Å². The van der Waals surface area contributed by atoms with Gasteiger partial charge in [0.1, 0.15) is 0 Å². The predicted octanol–water partition coefficient (Wildman–Crippen LogP) is 5.22. The van der Waals surface area contributed by atoms with Gasteiger partial charge in [-0.3, -0.25) is 9.59 Å². The first-order valence-electron chi connectivity index (χ1n) is 12.8. The number of nitrogens with one attached hydrogen (secondary N) is 2. The summed E-state index contributed by atoms with van der Waals surface area (Å²) in [5.41, 5.74) is 6.43. The van der Waals surface area contributed by atoms with Gasteiger partial charge in [0.25, 0.3) is 11.8 Å². The molecule has 1 aliphatic heterocycles. The zero-order valence-corrected chi connectivity index (χ0v) is 21.2. The number of aryl methyl sites for hydroxylation is 1. The lowest BCUT2D eigenvalue weighted by Crippen LogP contribution is -2.33. The van der Waals surface area contributed by atoms with Crippen molar-refractivity contribution in [3.8, 4) is 0 Å². The molecular formula is C30H35N3O3. The van der Waals surface area contributed by atoms with Crippen LogP contribution in [0, 0.1) is 0 Å². The van der Waals surface area contributed by atoms with Crippen molar-refractivity contribution < 1.29 is 14.3 Å². The summed E-state index contributed by atoms with van der Waals surface area (Å²) in [6.45, 7) is 7.42. The molecular weight excluding hydrogens is 450 g/mol.